The molecule has 6 nitrogen and oxygen atoms in total. The summed E-state index contributed by atoms with van der Waals surface area (Å²) < 4.78 is 39.0. The van der Waals surface area contributed by atoms with Crippen LogP contribution in [0.15, 0.2) is 65.6 Å². The number of rotatable bonds is 7. The fourth-order valence-electron chi connectivity index (χ4n) is 2.93. The number of hydrogen-bond acceptors (Lipinski definition) is 5. The number of carbonyl (C=O) groups is 1. The Hall–Kier alpha value is -3.32. The number of hydrogen-bond donors (Lipinski definition) is 1. The molecule has 0 aliphatic carbocycles. The molecular formula is C23H23NO5S. The lowest BCUT2D eigenvalue weighted by Gasteiger charge is -2.16. The van der Waals surface area contributed by atoms with E-state index in [2.05, 4.69) is 4.72 Å². The van der Waals surface area contributed by atoms with Crippen molar-refractivity contribution in [2.24, 2.45) is 0 Å². The van der Waals surface area contributed by atoms with Crippen LogP contribution in [0, 0.1) is 13.8 Å². The molecule has 0 aliphatic heterocycles. The second-order valence-corrected chi connectivity index (χ2v) is 8.55. The van der Waals surface area contributed by atoms with Gasteiger partial charge in [0.25, 0.3) is 10.0 Å². The number of anilines is 1. The maximum absolute atomic E-state index is 13.2. The molecule has 0 aliphatic rings. The number of sulfonamides is 1. The Labute approximate surface area is 176 Å². The smallest absolute Gasteiger partial charge is 0.261 e. The van der Waals surface area contributed by atoms with Gasteiger partial charge in [0, 0.05) is 11.6 Å². The van der Waals surface area contributed by atoms with E-state index >= 15 is 0 Å². The maximum atomic E-state index is 13.2. The zero-order chi connectivity index (χ0) is 21.9. The highest BCUT2D eigenvalue weighted by atomic mass is 32.2. The fourth-order valence-corrected chi connectivity index (χ4v) is 4.00. The van der Waals surface area contributed by atoms with Gasteiger partial charge in [-0.3, -0.25) is 9.52 Å². The van der Waals surface area contributed by atoms with Gasteiger partial charge in [0.2, 0.25) is 0 Å². The molecule has 0 fully saturated rings. The Morgan fingerprint density at radius 3 is 1.83 bits per heavy atom. The van der Waals surface area contributed by atoms with E-state index in [1.807, 2.05) is 26.0 Å². The van der Waals surface area contributed by atoms with Crippen LogP contribution in [-0.4, -0.2) is 28.4 Å². The van der Waals surface area contributed by atoms with Crippen LogP contribution < -0.4 is 14.2 Å². The van der Waals surface area contributed by atoms with Crippen LogP contribution in [0.2, 0.25) is 0 Å². The van der Waals surface area contributed by atoms with Gasteiger partial charge in [0.05, 0.1) is 30.4 Å². The summed E-state index contributed by atoms with van der Waals surface area (Å²) in [6.07, 6.45) is 0. The quantitative estimate of drug-likeness (QED) is 0.569. The minimum atomic E-state index is -3.92. The molecule has 0 saturated heterocycles. The zero-order valence-electron chi connectivity index (χ0n) is 17.2. The average molecular weight is 426 g/mol. The number of nitrogens with one attached hydrogen (secondary N) is 1. The van der Waals surface area contributed by atoms with Crippen molar-refractivity contribution in [1.29, 1.82) is 0 Å². The molecule has 3 aromatic carbocycles. The van der Waals surface area contributed by atoms with Crippen LogP contribution in [0.4, 0.5) is 5.69 Å². The lowest BCUT2D eigenvalue weighted by molar-refractivity contribution is 0.103. The topological polar surface area (TPSA) is 81.7 Å². The molecular weight excluding hydrogens is 402 g/mol. The molecule has 3 rings (SSSR count). The summed E-state index contributed by atoms with van der Waals surface area (Å²) in [6, 6.07) is 16.4. The molecule has 30 heavy (non-hydrogen) atoms. The van der Waals surface area contributed by atoms with Crippen LogP contribution in [0.3, 0.4) is 0 Å². The Morgan fingerprint density at radius 1 is 0.800 bits per heavy atom. The summed E-state index contributed by atoms with van der Waals surface area (Å²) in [5, 5.41) is 0. The van der Waals surface area contributed by atoms with Gasteiger partial charge in [-0.25, -0.2) is 8.42 Å². The van der Waals surface area contributed by atoms with E-state index in [0.717, 1.165) is 11.1 Å². The van der Waals surface area contributed by atoms with E-state index in [9.17, 15) is 13.2 Å². The van der Waals surface area contributed by atoms with E-state index in [-0.39, 0.29) is 21.9 Å². The van der Waals surface area contributed by atoms with Crippen molar-refractivity contribution in [2.45, 2.75) is 18.7 Å². The first-order valence-electron chi connectivity index (χ1n) is 9.22. The first kappa shape index (κ1) is 21.4. The predicted molar refractivity (Wildman–Crippen MR) is 116 cm³/mol. The number of benzene rings is 3. The molecule has 156 valence electrons. The van der Waals surface area contributed by atoms with Crippen LogP contribution in [0.1, 0.15) is 27.0 Å². The van der Waals surface area contributed by atoms with Gasteiger partial charge >= 0.3 is 0 Å². The van der Waals surface area contributed by atoms with E-state index in [4.69, 9.17) is 9.47 Å². The average Bonchev–Trinajstić information content (AvgIpc) is 2.73. The standard InChI is InChI=1S/C23H23NO5S/c1-15-5-9-17(10-6-15)23(25)19-13-21(28-3)22(29-4)14-20(19)24-30(26,27)18-11-7-16(2)8-12-18/h5-14,24H,1-4H3. The molecule has 0 bridgehead atoms. The Kier molecular flexibility index (Phi) is 6.12. The summed E-state index contributed by atoms with van der Waals surface area (Å²) in [4.78, 5) is 13.3. The van der Waals surface area contributed by atoms with Crippen molar-refractivity contribution in [3.8, 4) is 11.5 Å². The fraction of sp³-hybridized carbons (Fsp3) is 0.174. The molecule has 0 aromatic heterocycles. The Morgan fingerprint density at radius 2 is 1.30 bits per heavy atom. The minimum Gasteiger partial charge on any atom is -0.493 e. The van der Waals surface area contributed by atoms with Crippen molar-refractivity contribution < 1.29 is 22.7 Å². The normalized spacial score (nSPS) is 11.1. The molecule has 0 saturated carbocycles. The molecule has 1 N–H and O–H groups in total. The van der Waals surface area contributed by atoms with E-state index in [1.54, 1.807) is 24.3 Å². The summed E-state index contributed by atoms with van der Waals surface area (Å²) in [6.45, 7) is 3.79. The highest BCUT2D eigenvalue weighted by Crippen LogP contribution is 2.35. The van der Waals surface area contributed by atoms with Gasteiger partial charge in [0.1, 0.15) is 0 Å². The molecule has 0 heterocycles. The second-order valence-electron chi connectivity index (χ2n) is 6.87. The van der Waals surface area contributed by atoms with Gasteiger partial charge in [-0.05, 0) is 32.0 Å². The monoisotopic (exact) mass is 425 g/mol. The van der Waals surface area contributed by atoms with E-state index < -0.39 is 10.0 Å². The number of ether oxygens (including phenoxy) is 2. The summed E-state index contributed by atoms with van der Waals surface area (Å²) in [5.74, 6) is 0.295. The maximum Gasteiger partial charge on any atom is 0.261 e. The van der Waals surface area contributed by atoms with Crippen molar-refractivity contribution in [3.05, 3.63) is 82.9 Å². The lowest BCUT2D eigenvalue weighted by Crippen LogP contribution is -2.16. The number of carbonyl (C=O) groups excluding carboxylic acids is 1. The van der Waals surface area contributed by atoms with E-state index in [0.29, 0.717) is 17.1 Å². The molecule has 0 radical (unpaired) electrons. The van der Waals surface area contributed by atoms with Gasteiger partial charge < -0.3 is 9.47 Å². The summed E-state index contributed by atoms with van der Waals surface area (Å²) in [7, 11) is -1.02. The Balaban J connectivity index is 2.11. The van der Waals surface area contributed by atoms with Crippen molar-refractivity contribution in [1.82, 2.24) is 0 Å². The third-order valence-electron chi connectivity index (χ3n) is 4.66. The van der Waals surface area contributed by atoms with Crippen LogP contribution in [0.5, 0.6) is 11.5 Å². The molecule has 0 amide bonds. The summed E-state index contributed by atoms with van der Waals surface area (Å²) >= 11 is 0. The van der Waals surface area contributed by atoms with Gasteiger partial charge in [0.15, 0.2) is 17.3 Å². The number of methoxy groups -OCH3 is 2. The zero-order valence-corrected chi connectivity index (χ0v) is 18.0. The lowest BCUT2D eigenvalue weighted by atomic mass is 10.0. The molecule has 0 unspecified atom stereocenters. The van der Waals surface area contributed by atoms with Crippen LogP contribution in [0.25, 0.3) is 0 Å². The van der Waals surface area contributed by atoms with E-state index in [1.165, 1.54) is 38.5 Å². The second kappa shape index (κ2) is 8.59. The number of ketones is 1. The summed E-state index contributed by atoms with van der Waals surface area (Å²) in [5.41, 5.74) is 2.66. The van der Waals surface area contributed by atoms with Crippen LogP contribution in [-0.2, 0) is 10.0 Å². The van der Waals surface area contributed by atoms with Crippen molar-refractivity contribution in [2.75, 3.05) is 18.9 Å². The third kappa shape index (κ3) is 4.46. The minimum absolute atomic E-state index is 0.0941. The Bertz CT molecular complexity index is 1170. The third-order valence-corrected chi connectivity index (χ3v) is 6.04. The molecule has 3 aromatic rings. The van der Waals surface area contributed by atoms with Gasteiger partial charge in [-0.1, -0.05) is 47.5 Å². The highest BCUT2D eigenvalue weighted by Gasteiger charge is 2.23. The number of aryl methyl sites for hydroxylation is 2. The van der Waals surface area contributed by atoms with Gasteiger partial charge in [-0.15, -0.1) is 0 Å². The highest BCUT2D eigenvalue weighted by molar-refractivity contribution is 7.92. The molecule has 0 atom stereocenters. The van der Waals surface area contributed by atoms with Crippen molar-refractivity contribution in [3.63, 3.8) is 0 Å². The first-order chi connectivity index (χ1) is 14.2. The molecule has 7 heteroatoms. The predicted octanol–water partition coefficient (Wildman–Crippen LogP) is 4.35. The SMILES string of the molecule is COc1cc(NS(=O)(=O)c2ccc(C)cc2)c(C(=O)c2ccc(C)cc2)cc1OC. The first-order valence-corrected chi connectivity index (χ1v) is 10.7. The van der Waals surface area contributed by atoms with Crippen LogP contribution >= 0.6 is 0 Å². The molecule has 0 spiro atoms. The van der Waals surface area contributed by atoms with Gasteiger partial charge in [-0.2, -0.15) is 0 Å². The van der Waals surface area contributed by atoms with Crippen molar-refractivity contribution >= 4 is 21.5 Å². The largest absolute Gasteiger partial charge is 0.493 e.